The van der Waals surface area contributed by atoms with Gasteiger partial charge in [-0.3, -0.25) is 4.79 Å². The van der Waals surface area contributed by atoms with Crippen LogP contribution < -0.4 is 10.6 Å². The van der Waals surface area contributed by atoms with Gasteiger partial charge in [0.1, 0.15) is 18.7 Å². The van der Waals surface area contributed by atoms with Crippen molar-refractivity contribution in [3.8, 4) is 11.1 Å². The number of fused-ring (bicyclic) bond motifs is 3. The number of aliphatic carboxylic acids is 1. The molecule has 0 aliphatic heterocycles. The fourth-order valence-electron chi connectivity index (χ4n) is 4.55. The lowest BCUT2D eigenvalue weighted by atomic mass is 9.98. The van der Waals surface area contributed by atoms with Crippen LogP contribution in [-0.4, -0.2) is 41.8 Å². The van der Waals surface area contributed by atoms with Gasteiger partial charge in [-0.25, -0.2) is 9.59 Å². The van der Waals surface area contributed by atoms with Crippen molar-refractivity contribution in [2.45, 2.75) is 57.5 Å². The Hall–Kier alpha value is -3.61. The van der Waals surface area contributed by atoms with Crippen molar-refractivity contribution < 1.29 is 24.2 Å². The minimum Gasteiger partial charge on any atom is -0.480 e. The number of ether oxygens (including phenoxy) is 1. The zero-order chi connectivity index (χ0) is 24.9. The zero-order valence-corrected chi connectivity index (χ0v) is 20.1. The van der Waals surface area contributed by atoms with Crippen LogP contribution in [0.4, 0.5) is 4.79 Å². The molecule has 0 radical (unpaired) electrons. The number of carbonyl (C=O) groups excluding carboxylic acids is 2. The predicted molar refractivity (Wildman–Crippen MR) is 133 cm³/mol. The monoisotopic (exact) mass is 476 g/mol. The Bertz CT molecular complexity index is 1090. The van der Waals surface area contributed by atoms with E-state index in [1.165, 1.54) is 0 Å². The van der Waals surface area contributed by atoms with Gasteiger partial charge >= 0.3 is 12.1 Å². The molecule has 2 aromatic carbocycles. The summed E-state index contributed by atoms with van der Waals surface area (Å²) in [4.78, 5) is 37.3. The fourth-order valence-corrected chi connectivity index (χ4v) is 4.55. The van der Waals surface area contributed by atoms with E-state index in [0.29, 0.717) is 12.3 Å². The number of alkyl carbamates (subject to hydrolysis) is 1. The molecule has 1 fully saturated rings. The second-order valence-corrected chi connectivity index (χ2v) is 9.62. The van der Waals surface area contributed by atoms with E-state index in [-0.39, 0.29) is 18.9 Å². The molecule has 2 unspecified atom stereocenters. The number of amides is 2. The van der Waals surface area contributed by atoms with Gasteiger partial charge < -0.3 is 20.5 Å². The predicted octanol–water partition coefficient (Wildman–Crippen LogP) is 4.62. The zero-order valence-electron chi connectivity index (χ0n) is 20.1. The van der Waals surface area contributed by atoms with Crippen molar-refractivity contribution in [3.63, 3.8) is 0 Å². The van der Waals surface area contributed by atoms with Gasteiger partial charge in [-0.05, 0) is 54.9 Å². The lowest BCUT2D eigenvalue weighted by Gasteiger charge is -2.21. The molecular weight excluding hydrogens is 444 g/mol. The normalized spacial score (nSPS) is 15.8. The number of hydrogen-bond acceptors (Lipinski definition) is 4. The van der Waals surface area contributed by atoms with E-state index >= 15 is 0 Å². The van der Waals surface area contributed by atoms with Crippen LogP contribution in [0.15, 0.2) is 60.2 Å². The maximum atomic E-state index is 12.9. The average molecular weight is 477 g/mol. The first-order valence-electron chi connectivity index (χ1n) is 12.1. The number of carboxylic acids is 1. The van der Waals surface area contributed by atoms with Gasteiger partial charge in [-0.1, -0.05) is 73.0 Å². The van der Waals surface area contributed by atoms with Gasteiger partial charge in [0, 0.05) is 5.92 Å². The summed E-state index contributed by atoms with van der Waals surface area (Å²) in [6.07, 6.45) is 3.74. The third-order valence-electron chi connectivity index (χ3n) is 6.59. The molecule has 1 saturated carbocycles. The largest absolute Gasteiger partial charge is 0.480 e. The molecule has 0 bridgehead atoms. The van der Waals surface area contributed by atoms with E-state index in [0.717, 1.165) is 40.7 Å². The van der Waals surface area contributed by atoms with Gasteiger partial charge in [-0.15, -0.1) is 0 Å². The van der Waals surface area contributed by atoms with Crippen LogP contribution in [-0.2, 0) is 14.3 Å². The highest BCUT2D eigenvalue weighted by molar-refractivity contribution is 5.89. The number of allylic oxidation sites excluding steroid dienone is 1. The van der Waals surface area contributed by atoms with Crippen LogP contribution in [0.5, 0.6) is 0 Å². The van der Waals surface area contributed by atoms with Crippen LogP contribution in [0.3, 0.4) is 0 Å². The second-order valence-electron chi connectivity index (χ2n) is 9.62. The highest BCUT2D eigenvalue weighted by atomic mass is 16.5. The number of hydrogen-bond donors (Lipinski definition) is 3. The van der Waals surface area contributed by atoms with Gasteiger partial charge in [0.05, 0.1) is 0 Å². The Labute approximate surface area is 205 Å². The lowest BCUT2D eigenvalue weighted by molar-refractivity contribution is -0.142. The molecule has 0 saturated heterocycles. The van der Waals surface area contributed by atoms with E-state index in [1.807, 2.05) is 50.2 Å². The van der Waals surface area contributed by atoms with Crippen molar-refractivity contribution in [2.24, 2.45) is 5.92 Å². The molecule has 2 amide bonds. The average Bonchev–Trinajstić information content (AvgIpc) is 3.60. The topological polar surface area (TPSA) is 105 Å². The molecule has 35 heavy (non-hydrogen) atoms. The van der Waals surface area contributed by atoms with E-state index < -0.39 is 30.1 Å². The molecule has 7 heteroatoms. The molecule has 0 spiro atoms. The third kappa shape index (κ3) is 6.10. The quantitative estimate of drug-likeness (QED) is 0.434. The van der Waals surface area contributed by atoms with Crippen molar-refractivity contribution in [2.75, 3.05) is 6.61 Å². The summed E-state index contributed by atoms with van der Waals surface area (Å²) in [5, 5.41) is 14.8. The van der Waals surface area contributed by atoms with E-state index in [9.17, 15) is 19.5 Å². The summed E-state index contributed by atoms with van der Waals surface area (Å²) < 4.78 is 5.60. The van der Waals surface area contributed by atoms with Crippen LogP contribution in [0, 0.1) is 5.92 Å². The standard InChI is InChI=1S/C28H32N2O5/c1-17(2)11-14-24(27(32)33)29-26(31)25(15-18-12-13-18)30-28(34)35-16-23-21-9-5-3-7-19(21)20-8-4-6-10-22(20)23/h3-11,18,23-25H,12-16H2,1-2H3,(H,29,31)(H,30,34)(H,32,33). The minimum absolute atomic E-state index is 0.0793. The molecule has 4 rings (SSSR count). The molecule has 2 aliphatic carbocycles. The lowest BCUT2D eigenvalue weighted by Crippen LogP contribution is -2.51. The number of rotatable bonds is 10. The smallest absolute Gasteiger partial charge is 0.407 e. The Morgan fingerprint density at radius 3 is 2.11 bits per heavy atom. The molecule has 0 heterocycles. The van der Waals surface area contributed by atoms with Crippen LogP contribution in [0.2, 0.25) is 0 Å². The van der Waals surface area contributed by atoms with Crippen LogP contribution in [0.25, 0.3) is 11.1 Å². The Morgan fingerprint density at radius 2 is 1.57 bits per heavy atom. The number of carboxylic acid groups (broad SMARTS) is 1. The fraction of sp³-hybridized carbons (Fsp3) is 0.393. The van der Waals surface area contributed by atoms with Gasteiger partial charge in [-0.2, -0.15) is 0 Å². The number of benzene rings is 2. The highest BCUT2D eigenvalue weighted by Gasteiger charge is 2.33. The first-order chi connectivity index (χ1) is 16.8. The van der Waals surface area contributed by atoms with E-state index in [1.54, 1.807) is 6.08 Å². The maximum Gasteiger partial charge on any atom is 0.407 e. The summed E-state index contributed by atoms with van der Waals surface area (Å²) in [5.74, 6) is -1.34. The van der Waals surface area contributed by atoms with Crippen LogP contribution in [0.1, 0.15) is 56.6 Å². The maximum absolute atomic E-state index is 12.9. The van der Waals surface area contributed by atoms with Gasteiger partial charge in [0.2, 0.25) is 5.91 Å². The van der Waals surface area contributed by atoms with Gasteiger partial charge in [0.25, 0.3) is 0 Å². The SMILES string of the molecule is CC(C)=CCC(NC(=O)C(CC1CC1)NC(=O)OCC1c2ccccc2-c2ccccc21)C(=O)O. The molecule has 7 nitrogen and oxygen atoms in total. The third-order valence-corrected chi connectivity index (χ3v) is 6.59. The van der Waals surface area contributed by atoms with E-state index in [2.05, 4.69) is 22.8 Å². The van der Waals surface area contributed by atoms with Crippen molar-refractivity contribution in [3.05, 3.63) is 71.3 Å². The summed E-state index contributed by atoms with van der Waals surface area (Å²) in [7, 11) is 0. The highest BCUT2D eigenvalue weighted by Crippen LogP contribution is 2.44. The molecule has 2 atom stereocenters. The Morgan fingerprint density at radius 1 is 0.971 bits per heavy atom. The molecule has 3 N–H and O–H groups in total. The number of carbonyl (C=O) groups is 3. The summed E-state index contributed by atoms with van der Waals surface area (Å²) in [5.41, 5.74) is 5.46. The van der Waals surface area contributed by atoms with Crippen LogP contribution >= 0.6 is 0 Å². The molecule has 0 aromatic heterocycles. The van der Waals surface area contributed by atoms with Crippen molar-refractivity contribution in [1.82, 2.24) is 10.6 Å². The molecular formula is C28H32N2O5. The minimum atomic E-state index is -1.11. The first kappa shape index (κ1) is 24.5. The second kappa shape index (κ2) is 10.8. The number of nitrogens with one attached hydrogen (secondary N) is 2. The molecule has 184 valence electrons. The van der Waals surface area contributed by atoms with Gasteiger partial charge in [0.15, 0.2) is 0 Å². The molecule has 2 aromatic rings. The summed E-state index contributed by atoms with van der Waals surface area (Å²) in [6, 6.07) is 14.3. The van der Waals surface area contributed by atoms with Crippen molar-refractivity contribution >= 4 is 18.0 Å². The Kier molecular flexibility index (Phi) is 7.54. The summed E-state index contributed by atoms with van der Waals surface area (Å²) >= 11 is 0. The van der Waals surface area contributed by atoms with Crippen molar-refractivity contribution in [1.29, 1.82) is 0 Å². The summed E-state index contributed by atoms with van der Waals surface area (Å²) in [6.45, 7) is 3.89. The Balaban J connectivity index is 1.40. The van der Waals surface area contributed by atoms with E-state index in [4.69, 9.17) is 4.74 Å². The molecule has 2 aliphatic rings. The first-order valence-corrected chi connectivity index (χ1v) is 12.1.